The summed E-state index contributed by atoms with van der Waals surface area (Å²) < 4.78 is 7.71. The average Bonchev–Trinajstić information content (AvgIpc) is 2.89. The molecule has 4 nitrogen and oxygen atoms in total. The molecule has 118 valence electrons. The van der Waals surface area contributed by atoms with E-state index < -0.39 is 0 Å². The fourth-order valence-corrected chi connectivity index (χ4v) is 3.13. The summed E-state index contributed by atoms with van der Waals surface area (Å²) in [5.41, 5.74) is 3.57. The fourth-order valence-electron chi connectivity index (χ4n) is 3.13. The number of carbonyl (C=O) groups is 1. The molecule has 0 aliphatic heterocycles. The van der Waals surface area contributed by atoms with E-state index in [1.165, 1.54) is 0 Å². The quantitative estimate of drug-likeness (QED) is 0.804. The van der Waals surface area contributed by atoms with Crippen LogP contribution in [0.25, 0.3) is 10.9 Å². The smallest absolute Gasteiger partial charge is 0.268 e. The van der Waals surface area contributed by atoms with Crippen LogP contribution in [0.2, 0.25) is 0 Å². The summed E-state index contributed by atoms with van der Waals surface area (Å²) >= 11 is 0. The summed E-state index contributed by atoms with van der Waals surface area (Å²) in [5, 5.41) is 3.77. The predicted octanol–water partition coefficient (Wildman–Crippen LogP) is 3.27. The molecule has 2 aromatic carbocycles. The van der Waals surface area contributed by atoms with Crippen LogP contribution in [0.15, 0.2) is 54.6 Å². The maximum absolute atomic E-state index is 12.5. The lowest BCUT2D eigenvalue weighted by Crippen LogP contribution is -2.23. The number of fused-ring (bicyclic) bond motifs is 1. The van der Waals surface area contributed by atoms with Gasteiger partial charge in [0, 0.05) is 37.7 Å². The molecule has 0 fully saturated rings. The molecule has 1 unspecified atom stereocenters. The zero-order valence-electron chi connectivity index (χ0n) is 13.5. The number of aryl methyl sites for hydroxylation is 1. The van der Waals surface area contributed by atoms with Crippen molar-refractivity contribution in [1.82, 2.24) is 9.88 Å². The predicted molar refractivity (Wildman–Crippen MR) is 91.6 cm³/mol. The molecule has 1 amide bonds. The zero-order valence-corrected chi connectivity index (χ0v) is 13.5. The van der Waals surface area contributed by atoms with Gasteiger partial charge in [0.25, 0.3) is 5.91 Å². The molecule has 0 aliphatic rings. The first-order chi connectivity index (χ1) is 11.2. The average molecular weight is 308 g/mol. The van der Waals surface area contributed by atoms with Crippen LogP contribution in [-0.4, -0.2) is 24.6 Å². The van der Waals surface area contributed by atoms with Gasteiger partial charge in [-0.25, -0.2) is 0 Å². The van der Waals surface area contributed by atoms with E-state index in [-0.39, 0.29) is 12.0 Å². The number of carbonyl (C=O) groups excluding carboxylic acids is 1. The van der Waals surface area contributed by atoms with Gasteiger partial charge in [0.1, 0.15) is 11.8 Å². The summed E-state index contributed by atoms with van der Waals surface area (Å²) in [4.78, 5) is 12.5. The largest absolute Gasteiger partial charge is 0.372 e. The van der Waals surface area contributed by atoms with Crippen LogP contribution in [0.3, 0.4) is 0 Å². The first-order valence-corrected chi connectivity index (χ1v) is 7.56. The summed E-state index contributed by atoms with van der Waals surface area (Å²) in [7, 11) is 5.23. The minimum absolute atomic E-state index is 0.114. The van der Waals surface area contributed by atoms with Gasteiger partial charge in [0.15, 0.2) is 0 Å². The second-order valence-corrected chi connectivity index (χ2v) is 5.44. The molecule has 0 radical (unpaired) electrons. The van der Waals surface area contributed by atoms with E-state index in [4.69, 9.17) is 4.74 Å². The van der Waals surface area contributed by atoms with E-state index in [2.05, 4.69) is 5.32 Å². The second kappa shape index (κ2) is 6.26. The molecule has 1 aromatic heterocycles. The van der Waals surface area contributed by atoms with E-state index >= 15 is 0 Å². The summed E-state index contributed by atoms with van der Waals surface area (Å²) in [6, 6.07) is 18.0. The Kier molecular flexibility index (Phi) is 4.17. The van der Waals surface area contributed by atoms with Gasteiger partial charge in [0.05, 0.1) is 0 Å². The standard InChI is InChI=1S/C19H20N2O2/c1-20-19(22)17-16(14-11-7-8-12-15(14)21(17)2)18(23-3)13-9-5-4-6-10-13/h4-12,18H,1-3H3,(H,20,22). The van der Waals surface area contributed by atoms with Crippen LogP contribution in [-0.2, 0) is 11.8 Å². The van der Waals surface area contributed by atoms with E-state index in [0.29, 0.717) is 5.69 Å². The normalized spacial score (nSPS) is 12.3. The van der Waals surface area contributed by atoms with Gasteiger partial charge < -0.3 is 14.6 Å². The molecule has 3 aromatic rings. The van der Waals surface area contributed by atoms with Crippen molar-refractivity contribution in [1.29, 1.82) is 0 Å². The molecule has 0 aliphatic carbocycles. The SMILES string of the molecule is CNC(=O)c1c(C(OC)c2ccccc2)c2ccccc2n1C. The summed E-state index contributed by atoms with van der Waals surface area (Å²) in [6.45, 7) is 0. The number of aromatic nitrogens is 1. The zero-order chi connectivity index (χ0) is 16.4. The minimum Gasteiger partial charge on any atom is -0.372 e. The Labute approximate surface area is 135 Å². The fraction of sp³-hybridized carbons (Fsp3) is 0.211. The first kappa shape index (κ1) is 15.3. The highest BCUT2D eigenvalue weighted by atomic mass is 16.5. The number of hydrogen-bond donors (Lipinski definition) is 1. The highest BCUT2D eigenvalue weighted by Crippen LogP contribution is 2.35. The molecule has 23 heavy (non-hydrogen) atoms. The Morgan fingerprint density at radius 3 is 2.39 bits per heavy atom. The van der Waals surface area contributed by atoms with Gasteiger partial charge in [-0.05, 0) is 11.6 Å². The highest BCUT2D eigenvalue weighted by Gasteiger charge is 2.27. The van der Waals surface area contributed by atoms with Crippen molar-refractivity contribution < 1.29 is 9.53 Å². The van der Waals surface area contributed by atoms with Crippen molar-refractivity contribution in [3.05, 3.63) is 71.4 Å². The van der Waals surface area contributed by atoms with Gasteiger partial charge in [-0.1, -0.05) is 48.5 Å². The number of nitrogens with one attached hydrogen (secondary N) is 1. The third-order valence-corrected chi connectivity index (χ3v) is 4.19. The monoisotopic (exact) mass is 308 g/mol. The highest BCUT2D eigenvalue weighted by molar-refractivity contribution is 6.02. The topological polar surface area (TPSA) is 43.3 Å². The molecular weight excluding hydrogens is 288 g/mol. The number of nitrogens with zero attached hydrogens (tertiary/aromatic N) is 1. The Morgan fingerprint density at radius 2 is 1.74 bits per heavy atom. The molecule has 3 rings (SSSR count). The van der Waals surface area contributed by atoms with Gasteiger partial charge >= 0.3 is 0 Å². The number of rotatable bonds is 4. The van der Waals surface area contributed by atoms with Gasteiger partial charge in [-0.3, -0.25) is 4.79 Å². The van der Waals surface area contributed by atoms with E-state index in [1.807, 2.05) is 66.2 Å². The second-order valence-electron chi connectivity index (χ2n) is 5.44. The number of ether oxygens (including phenoxy) is 1. The molecule has 0 bridgehead atoms. The lowest BCUT2D eigenvalue weighted by atomic mass is 9.98. The lowest BCUT2D eigenvalue weighted by molar-refractivity contribution is 0.0943. The molecule has 1 heterocycles. The van der Waals surface area contributed by atoms with Crippen LogP contribution >= 0.6 is 0 Å². The molecule has 0 spiro atoms. The number of benzene rings is 2. The van der Waals surface area contributed by atoms with Crippen LogP contribution in [0.4, 0.5) is 0 Å². The van der Waals surface area contributed by atoms with Crippen molar-refractivity contribution >= 4 is 16.8 Å². The molecule has 0 saturated carbocycles. The molecule has 4 heteroatoms. The van der Waals surface area contributed by atoms with Crippen LogP contribution in [0.1, 0.15) is 27.7 Å². The van der Waals surface area contributed by atoms with Crippen molar-refractivity contribution in [2.24, 2.45) is 7.05 Å². The molecule has 0 saturated heterocycles. The lowest BCUT2D eigenvalue weighted by Gasteiger charge is -2.17. The Balaban J connectivity index is 2.32. The molecular formula is C19H20N2O2. The van der Waals surface area contributed by atoms with Crippen molar-refractivity contribution in [2.45, 2.75) is 6.10 Å². The van der Waals surface area contributed by atoms with Crippen LogP contribution in [0, 0.1) is 0 Å². The summed E-state index contributed by atoms with van der Waals surface area (Å²) in [5.74, 6) is -0.114. The van der Waals surface area contributed by atoms with Gasteiger partial charge in [-0.15, -0.1) is 0 Å². The third kappa shape index (κ3) is 2.51. The van der Waals surface area contributed by atoms with Crippen LogP contribution < -0.4 is 5.32 Å². The van der Waals surface area contributed by atoms with Crippen LogP contribution in [0.5, 0.6) is 0 Å². The van der Waals surface area contributed by atoms with E-state index in [0.717, 1.165) is 22.0 Å². The molecule has 1 atom stereocenters. The third-order valence-electron chi connectivity index (χ3n) is 4.19. The maximum Gasteiger partial charge on any atom is 0.268 e. The number of para-hydroxylation sites is 1. The Bertz CT molecular complexity index is 837. The van der Waals surface area contributed by atoms with Gasteiger partial charge in [-0.2, -0.15) is 0 Å². The van der Waals surface area contributed by atoms with Gasteiger partial charge in [0.2, 0.25) is 0 Å². The Morgan fingerprint density at radius 1 is 1.09 bits per heavy atom. The number of amides is 1. The first-order valence-electron chi connectivity index (χ1n) is 7.56. The van der Waals surface area contributed by atoms with E-state index in [1.54, 1.807) is 14.2 Å². The number of hydrogen-bond acceptors (Lipinski definition) is 2. The molecule has 1 N–H and O–H groups in total. The van der Waals surface area contributed by atoms with Crippen molar-refractivity contribution in [3.63, 3.8) is 0 Å². The summed E-state index contributed by atoms with van der Waals surface area (Å²) in [6.07, 6.45) is -0.297. The minimum atomic E-state index is -0.297. The van der Waals surface area contributed by atoms with E-state index in [9.17, 15) is 4.79 Å². The van der Waals surface area contributed by atoms with Crippen molar-refractivity contribution in [2.75, 3.05) is 14.2 Å². The van der Waals surface area contributed by atoms with Crippen molar-refractivity contribution in [3.8, 4) is 0 Å². The number of methoxy groups -OCH3 is 1. The Hall–Kier alpha value is -2.59. The maximum atomic E-state index is 12.5.